The monoisotopic (exact) mass is 516 g/mol. The first-order valence-corrected chi connectivity index (χ1v) is 13.7. The molecule has 0 fully saturated rings. The van der Waals surface area contributed by atoms with Gasteiger partial charge in [-0.2, -0.15) is 0 Å². The van der Waals surface area contributed by atoms with Crippen molar-refractivity contribution >= 4 is 34.1 Å². The molecule has 0 radical (unpaired) electrons. The summed E-state index contributed by atoms with van der Waals surface area (Å²) < 4.78 is 0. The van der Waals surface area contributed by atoms with Crippen LogP contribution in [-0.2, 0) is 0 Å². The summed E-state index contributed by atoms with van der Waals surface area (Å²) in [5, 5.41) is 0. The largest absolute Gasteiger partial charge is 0.311 e. The summed E-state index contributed by atoms with van der Waals surface area (Å²) in [5.74, 6) is 0. The Hall–Kier alpha value is -5.08. The van der Waals surface area contributed by atoms with Crippen molar-refractivity contribution < 1.29 is 0 Å². The molecule has 2 heteroatoms. The number of rotatable bonds is 7. The van der Waals surface area contributed by atoms with Crippen LogP contribution in [0.3, 0.4) is 0 Å². The zero-order valence-corrected chi connectivity index (χ0v) is 22.9. The van der Waals surface area contributed by atoms with Gasteiger partial charge in [0, 0.05) is 34.1 Å². The van der Waals surface area contributed by atoms with E-state index in [9.17, 15) is 0 Å². The molecule has 0 saturated carbocycles. The van der Waals surface area contributed by atoms with Gasteiger partial charge in [0.25, 0.3) is 0 Å². The molecule has 40 heavy (non-hydrogen) atoms. The lowest BCUT2D eigenvalue weighted by Crippen LogP contribution is -2.10. The van der Waals surface area contributed by atoms with Gasteiger partial charge in [0.15, 0.2) is 0 Å². The highest BCUT2D eigenvalue weighted by molar-refractivity contribution is 5.80. The fraction of sp³-hybridized carbons (Fsp3) is 0.0526. The second-order valence-electron chi connectivity index (χ2n) is 10.1. The molecule has 0 N–H and O–H groups in total. The van der Waals surface area contributed by atoms with Gasteiger partial charge in [-0.3, -0.25) is 0 Å². The van der Waals surface area contributed by atoms with Crippen molar-refractivity contribution in [3.8, 4) is 11.1 Å². The topological polar surface area (TPSA) is 6.48 Å². The molecule has 0 saturated heterocycles. The van der Waals surface area contributed by atoms with E-state index in [0.717, 1.165) is 28.4 Å². The molecule has 0 atom stereocenters. The zero-order valence-electron chi connectivity index (χ0n) is 22.9. The van der Waals surface area contributed by atoms with E-state index in [1.54, 1.807) is 0 Å². The van der Waals surface area contributed by atoms with Crippen LogP contribution in [0.1, 0.15) is 11.1 Å². The molecule has 6 aromatic rings. The highest BCUT2D eigenvalue weighted by Gasteiger charge is 2.14. The Morgan fingerprint density at radius 1 is 0.300 bits per heavy atom. The van der Waals surface area contributed by atoms with Crippen molar-refractivity contribution in [1.29, 1.82) is 0 Å². The van der Waals surface area contributed by atoms with E-state index in [2.05, 4.69) is 181 Å². The van der Waals surface area contributed by atoms with Crippen molar-refractivity contribution in [1.82, 2.24) is 0 Å². The van der Waals surface area contributed by atoms with Gasteiger partial charge < -0.3 is 9.80 Å². The second kappa shape index (κ2) is 11.3. The summed E-state index contributed by atoms with van der Waals surface area (Å²) in [6.07, 6.45) is 0. The fourth-order valence-electron chi connectivity index (χ4n) is 5.31. The number of benzene rings is 6. The Balaban J connectivity index is 1.32. The zero-order chi connectivity index (χ0) is 27.3. The van der Waals surface area contributed by atoms with Crippen LogP contribution in [0.5, 0.6) is 0 Å². The number of aryl methyl sites for hydroxylation is 2. The minimum Gasteiger partial charge on any atom is -0.311 e. The molecule has 0 heterocycles. The third kappa shape index (κ3) is 5.39. The van der Waals surface area contributed by atoms with Crippen LogP contribution >= 0.6 is 0 Å². The van der Waals surface area contributed by atoms with Gasteiger partial charge in [-0.1, -0.05) is 84.9 Å². The van der Waals surface area contributed by atoms with Crippen LogP contribution in [0.15, 0.2) is 158 Å². The Bertz CT molecular complexity index is 1620. The van der Waals surface area contributed by atoms with E-state index in [1.807, 2.05) is 0 Å². The number of anilines is 6. The Kier molecular flexibility index (Phi) is 7.15. The third-order valence-electron chi connectivity index (χ3n) is 7.09. The van der Waals surface area contributed by atoms with Gasteiger partial charge in [0.1, 0.15) is 0 Å². The molecule has 0 aliphatic carbocycles. The molecular formula is C38H32N2. The van der Waals surface area contributed by atoms with Crippen LogP contribution in [0.2, 0.25) is 0 Å². The minimum absolute atomic E-state index is 1.13. The summed E-state index contributed by atoms with van der Waals surface area (Å²) >= 11 is 0. The first kappa shape index (κ1) is 25.2. The lowest BCUT2D eigenvalue weighted by atomic mass is 10.0. The molecule has 0 aromatic heterocycles. The highest BCUT2D eigenvalue weighted by atomic mass is 15.1. The van der Waals surface area contributed by atoms with Gasteiger partial charge >= 0.3 is 0 Å². The van der Waals surface area contributed by atoms with E-state index >= 15 is 0 Å². The molecule has 0 bridgehead atoms. The van der Waals surface area contributed by atoms with Crippen molar-refractivity contribution in [2.45, 2.75) is 13.8 Å². The summed E-state index contributed by atoms with van der Waals surface area (Å²) in [6.45, 7) is 4.31. The molecule has 0 amide bonds. The van der Waals surface area contributed by atoms with E-state index in [1.165, 1.54) is 27.9 Å². The Morgan fingerprint density at radius 2 is 0.600 bits per heavy atom. The SMILES string of the molecule is Cc1cc(C)cc(N(c2ccccc2)c2ccc(-c3ccc(N(c4ccccc4)c4ccccc4)cc3)cc2)c1. The molecule has 0 unspecified atom stereocenters. The van der Waals surface area contributed by atoms with Gasteiger partial charge in [0.2, 0.25) is 0 Å². The molecular weight excluding hydrogens is 484 g/mol. The highest BCUT2D eigenvalue weighted by Crippen LogP contribution is 2.38. The van der Waals surface area contributed by atoms with E-state index in [4.69, 9.17) is 0 Å². The number of hydrogen-bond donors (Lipinski definition) is 0. The van der Waals surface area contributed by atoms with Crippen LogP contribution < -0.4 is 9.80 Å². The predicted octanol–water partition coefficient (Wildman–Crippen LogP) is 10.9. The lowest BCUT2D eigenvalue weighted by molar-refractivity contribution is 1.25. The Labute approximate surface area is 237 Å². The van der Waals surface area contributed by atoms with E-state index in [0.29, 0.717) is 0 Å². The van der Waals surface area contributed by atoms with Crippen molar-refractivity contribution in [2.24, 2.45) is 0 Å². The van der Waals surface area contributed by atoms with Crippen LogP contribution in [0.25, 0.3) is 11.1 Å². The van der Waals surface area contributed by atoms with Gasteiger partial charge in [-0.05, 0) is 109 Å². The van der Waals surface area contributed by atoms with Crippen molar-refractivity contribution in [2.75, 3.05) is 9.80 Å². The Morgan fingerprint density at radius 3 is 0.950 bits per heavy atom. The fourth-order valence-corrected chi connectivity index (χ4v) is 5.31. The standard InChI is InChI=1S/C38H32N2/c1-29-26-30(2)28-38(27-29)40(35-16-10-5-11-17-35)37-24-20-32(21-25-37)31-18-22-36(23-19-31)39(33-12-6-3-7-13-33)34-14-8-4-9-15-34/h3-28H,1-2H3. The molecule has 0 spiro atoms. The molecule has 194 valence electrons. The molecule has 0 aliphatic rings. The van der Waals surface area contributed by atoms with Gasteiger partial charge in [-0.15, -0.1) is 0 Å². The van der Waals surface area contributed by atoms with E-state index in [-0.39, 0.29) is 0 Å². The number of hydrogen-bond acceptors (Lipinski definition) is 2. The number of nitrogens with zero attached hydrogens (tertiary/aromatic N) is 2. The first-order valence-electron chi connectivity index (χ1n) is 13.7. The molecule has 6 rings (SSSR count). The predicted molar refractivity (Wildman–Crippen MR) is 171 cm³/mol. The van der Waals surface area contributed by atoms with E-state index < -0.39 is 0 Å². The van der Waals surface area contributed by atoms with Crippen molar-refractivity contribution in [3.63, 3.8) is 0 Å². The first-order chi connectivity index (χ1) is 19.7. The van der Waals surface area contributed by atoms with Crippen LogP contribution in [0.4, 0.5) is 34.1 Å². The third-order valence-corrected chi connectivity index (χ3v) is 7.09. The average Bonchev–Trinajstić information content (AvgIpc) is 2.99. The minimum atomic E-state index is 1.13. The number of para-hydroxylation sites is 3. The second-order valence-corrected chi connectivity index (χ2v) is 10.1. The quantitative estimate of drug-likeness (QED) is 0.208. The maximum atomic E-state index is 2.32. The summed E-state index contributed by atoms with van der Waals surface area (Å²) in [7, 11) is 0. The van der Waals surface area contributed by atoms with Crippen LogP contribution in [0, 0.1) is 13.8 Å². The van der Waals surface area contributed by atoms with Gasteiger partial charge in [0.05, 0.1) is 0 Å². The summed E-state index contributed by atoms with van der Waals surface area (Å²) in [6, 6.07) is 56.0. The van der Waals surface area contributed by atoms with Crippen LogP contribution in [-0.4, -0.2) is 0 Å². The average molecular weight is 517 g/mol. The molecule has 2 nitrogen and oxygen atoms in total. The smallest absolute Gasteiger partial charge is 0.0466 e. The molecule has 0 aliphatic heterocycles. The summed E-state index contributed by atoms with van der Waals surface area (Å²) in [5.41, 5.74) is 11.7. The van der Waals surface area contributed by atoms with Gasteiger partial charge in [-0.25, -0.2) is 0 Å². The normalized spacial score (nSPS) is 10.8. The van der Waals surface area contributed by atoms with Crippen molar-refractivity contribution in [3.05, 3.63) is 169 Å². The maximum Gasteiger partial charge on any atom is 0.0466 e. The lowest BCUT2D eigenvalue weighted by Gasteiger charge is -2.26. The summed E-state index contributed by atoms with van der Waals surface area (Å²) in [4.78, 5) is 4.61. The maximum absolute atomic E-state index is 2.32. The molecule has 6 aromatic carbocycles.